The van der Waals surface area contributed by atoms with E-state index in [1.165, 1.54) is 0 Å². The lowest BCUT2D eigenvalue weighted by Crippen LogP contribution is -2.29. The normalized spacial score (nSPS) is 11.2. The monoisotopic (exact) mass is 486 g/mol. The highest BCUT2D eigenvalue weighted by Gasteiger charge is 2.16. The summed E-state index contributed by atoms with van der Waals surface area (Å²) in [5.41, 5.74) is 9.58. The van der Waals surface area contributed by atoms with Gasteiger partial charge in [-0.05, 0) is 42.5 Å². The molecule has 0 fully saturated rings. The summed E-state index contributed by atoms with van der Waals surface area (Å²) in [7, 11) is 0. The van der Waals surface area contributed by atoms with Crippen molar-refractivity contribution >= 4 is 59.6 Å². The minimum atomic E-state index is -0.159. The van der Waals surface area contributed by atoms with Crippen LogP contribution in [0.25, 0.3) is 33.1 Å². The lowest BCUT2D eigenvalue weighted by Gasteiger charge is -2.10. The van der Waals surface area contributed by atoms with Gasteiger partial charge in [-0.25, -0.2) is 4.98 Å². The van der Waals surface area contributed by atoms with Gasteiger partial charge >= 0.3 is 0 Å². The van der Waals surface area contributed by atoms with E-state index < -0.39 is 0 Å². The maximum atomic E-state index is 12.7. The van der Waals surface area contributed by atoms with Gasteiger partial charge in [0.1, 0.15) is 0 Å². The van der Waals surface area contributed by atoms with Gasteiger partial charge in [0.25, 0.3) is 5.91 Å². The van der Waals surface area contributed by atoms with Gasteiger partial charge in [0.15, 0.2) is 0 Å². The van der Waals surface area contributed by atoms with Gasteiger partial charge in [-0.2, -0.15) is 0 Å². The summed E-state index contributed by atoms with van der Waals surface area (Å²) in [6, 6.07) is 13.6. The molecule has 0 radical (unpaired) electrons. The van der Waals surface area contributed by atoms with E-state index in [9.17, 15) is 4.79 Å². The first kappa shape index (κ1) is 18.2. The maximum absolute atomic E-state index is 12.7. The number of benzene rings is 2. The predicted molar refractivity (Wildman–Crippen MR) is 116 cm³/mol. The van der Waals surface area contributed by atoms with Crippen LogP contribution in [0.2, 0.25) is 0 Å². The fourth-order valence-corrected chi connectivity index (χ4v) is 3.83. The molecule has 0 aliphatic carbocycles. The summed E-state index contributed by atoms with van der Waals surface area (Å²) in [5.74, 6) is -0.159. The molecule has 0 aliphatic heterocycles. The third-order valence-electron chi connectivity index (χ3n) is 4.36. The van der Waals surface area contributed by atoms with E-state index in [-0.39, 0.29) is 5.91 Å². The molecule has 1 amide bonds. The van der Waals surface area contributed by atoms with Crippen LogP contribution < -0.4 is 11.1 Å². The number of rotatable bonds is 4. The molecule has 27 heavy (non-hydrogen) atoms. The molecule has 0 atom stereocenters. The SMILES string of the molecule is NCCNC(=O)c1cc(-c2c[nH]c3ccc(Br)cc23)nc2ccc(Br)cc12. The quantitative estimate of drug-likeness (QED) is 0.393. The van der Waals surface area contributed by atoms with E-state index in [1.807, 2.05) is 48.7 Å². The highest BCUT2D eigenvalue weighted by atomic mass is 79.9. The summed E-state index contributed by atoms with van der Waals surface area (Å²) in [5, 5.41) is 4.69. The van der Waals surface area contributed by atoms with Crippen molar-refractivity contribution in [1.29, 1.82) is 0 Å². The van der Waals surface area contributed by atoms with Crippen LogP contribution in [0.1, 0.15) is 10.4 Å². The molecular weight excluding hydrogens is 472 g/mol. The van der Waals surface area contributed by atoms with Crippen LogP contribution in [0.4, 0.5) is 0 Å². The summed E-state index contributed by atoms with van der Waals surface area (Å²) in [6.07, 6.45) is 1.92. The lowest BCUT2D eigenvalue weighted by molar-refractivity contribution is 0.0956. The first-order chi connectivity index (χ1) is 13.1. The zero-order valence-corrected chi connectivity index (χ0v) is 17.4. The Morgan fingerprint density at radius 1 is 1.07 bits per heavy atom. The number of nitrogens with one attached hydrogen (secondary N) is 2. The number of hydrogen-bond donors (Lipinski definition) is 3. The molecular formula is C20H16Br2N4O. The minimum Gasteiger partial charge on any atom is -0.360 e. The number of carbonyl (C=O) groups excluding carboxylic acids is 1. The second kappa shape index (κ2) is 7.42. The third-order valence-corrected chi connectivity index (χ3v) is 5.35. The highest BCUT2D eigenvalue weighted by molar-refractivity contribution is 9.10. The first-order valence-corrected chi connectivity index (χ1v) is 10.0. The molecule has 0 saturated carbocycles. The molecule has 4 N–H and O–H groups in total. The molecule has 136 valence electrons. The molecule has 0 spiro atoms. The number of aromatic amines is 1. The van der Waals surface area contributed by atoms with E-state index in [4.69, 9.17) is 10.7 Å². The Morgan fingerprint density at radius 2 is 1.81 bits per heavy atom. The van der Waals surface area contributed by atoms with Crippen LogP contribution in [0, 0.1) is 0 Å². The van der Waals surface area contributed by atoms with Gasteiger partial charge in [0, 0.05) is 50.1 Å². The predicted octanol–water partition coefficient (Wildman–Crippen LogP) is 4.60. The second-order valence-corrected chi connectivity index (χ2v) is 7.98. The van der Waals surface area contributed by atoms with Gasteiger partial charge in [-0.3, -0.25) is 4.79 Å². The van der Waals surface area contributed by atoms with Crippen molar-refractivity contribution in [3.05, 3.63) is 63.2 Å². The van der Waals surface area contributed by atoms with Crippen LogP contribution in [0.3, 0.4) is 0 Å². The fraction of sp³-hybridized carbons (Fsp3) is 0.100. The highest BCUT2D eigenvalue weighted by Crippen LogP contribution is 2.32. The topological polar surface area (TPSA) is 83.8 Å². The number of nitrogens with zero attached hydrogens (tertiary/aromatic N) is 1. The van der Waals surface area contributed by atoms with Crippen molar-refractivity contribution in [2.75, 3.05) is 13.1 Å². The average Bonchev–Trinajstić information content (AvgIpc) is 3.08. The van der Waals surface area contributed by atoms with E-state index in [2.05, 4.69) is 42.2 Å². The van der Waals surface area contributed by atoms with Crippen molar-refractivity contribution in [2.45, 2.75) is 0 Å². The van der Waals surface area contributed by atoms with Crippen molar-refractivity contribution in [2.24, 2.45) is 5.73 Å². The Labute approximate surface area is 172 Å². The van der Waals surface area contributed by atoms with E-state index in [0.29, 0.717) is 18.7 Å². The summed E-state index contributed by atoms with van der Waals surface area (Å²) < 4.78 is 1.88. The minimum absolute atomic E-state index is 0.159. The summed E-state index contributed by atoms with van der Waals surface area (Å²) in [6.45, 7) is 0.813. The van der Waals surface area contributed by atoms with Gasteiger partial charge in [0.2, 0.25) is 0 Å². The van der Waals surface area contributed by atoms with Crippen molar-refractivity contribution in [3.63, 3.8) is 0 Å². The van der Waals surface area contributed by atoms with Crippen molar-refractivity contribution in [1.82, 2.24) is 15.3 Å². The Balaban J connectivity index is 1.94. The number of carbonyl (C=O) groups is 1. The summed E-state index contributed by atoms with van der Waals surface area (Å²) >= 11 is 7.00. The van der Waals surface area contributed by atoms with Crippen molar-refractivity contribution in [3.8, 4) is 11.3 Å². The zero-order chi connectivity index (χ0) is 19.0. The number of nitrogens with two attached hydrogens (primary N) is 1. The van der Waals surface area contributed by atoms with Crippen LogP contribution >= 0.6 is 31.9 Å². The Morgan fingerprint density at radius 3 is 2.59 bits per heavy atom. The van der Waals surface area contributed by atoms with E-state index in [0.717, 1.165) is 42.0 Å². The average molecular weight is 488 g/mol. The molecule has 2 heterocycles. The van der Waals surface area contributed by atoms with E-state index >= 15 is 0 Å². The number of amides is 1. The molecule has 0 bridgehead atoms. The van der Waals surface area contributed by atoms with Gasteiger partial charge in [0.05, 0.1) is 16.8 Å². The van der Waals surface area contributed by atoms with Crippen LogP contribution in [0.15, 0.2) is 57.6 Å². The molecule has 0 saturated heterocycles. The van der Waals surface area contributed by atoms with Crippen molar-refractivity contribution < 1.29 is 4.79 Å². The Bertz CT molecular complexity index is 1170. The van der Waals surface area contributed by atoms with Crippen LogP contribution in [0.5, 0.6) is 0 Å². The van der Waals surface area contributed by atoms with Gasteiger partial charge in [-0.1, -0.05) is 31.9 Å². The van der Waals surface area contributed by atoms with Crippen LogP contribution in [-0.2, 0) is 0 Å². The fourth-order valence-electron chi connectivity index (χ4n) is 3.11. The number of hydrogen-bond acceptors (Lipinski definition) is 3. The van der Waals surface area contributed by atoms with Crippen LogP contribution in [-0.4, -0.2) is 29.0 Å². The zero-order valence-electron chi connectivity index (χ0n) is 14.2. The van der Waals surface area contributed by atoms with E-state index in [1.54, 1.807) is 0 Å². The summed E-state index contributed by atoms with van der Waals surface area (Å²) in [4.78, 5) is 20.8. The molecule has 4 rings (SSSR count). The molecule has 2 aromatic carbocycles. The number of halogens is 2. The second-order valence-electron chi connectivity index (χ2n) is 6.15. The molecule has 0 unspecified atom stereocenters. The smallest absolute Gasteiger partial charge is 0.252 e. The molecule has 0 aliphatic rings. The number of pyridine rings is 1. The number of aromatic nitrogens is 2. The van der Waals surface area contributed by atoms with Gasteiger partial charge < -0.3 is 16.0 Å². The Hall–Kier alpha value is -2.22. The molecule has 7 heteroatoms. The van der Waals surface area contributed by atoms with Gasteiger partial charge in [-0.15, -0.1) is 0 Å². The standard InChI is InChI=1S/C20H16Br2N4O/c21-11-1-3-17-14(8-11)16(10-25-17)19-9-15(20(27)24-6-5-23)13-7-12(22)2-4-18(13)26-19/h1-4,7-10,25H,5-6,23H2,(H,24,27). The number of fused-ring (bicyclic) bond motifs is 2. The lowest BCUT2D eigenvalue weighted by atomic mass is 10.0. The molecule has 5 nitrogen and oxygen atoms in total. The number of H-pyrrole nitrogens is 1. The Kier molecular flexibility index (Phi) is 4.99. The molecule has 4 aromatic rings. The third kappa shape index (κ3) is 3.50. The molecule has 2 aromatic heterocycles. The largest absolute Gasteiger partial charge is 0.360 e. The first-order valence-electron chi connectivity index (χ1n) is 8.42. The maximum Gasteiger partial charge on any atom is 0.252 e.